The fourth-order valence-corrected chi connectivity index (χ4v) is 2.14. The lowest BCUT2D eigenvalue weighted by Crippen LogP contribution is -2.01. The van der Waals surface area contributed by atoms with Gasteiger partial charge in [-0.15, -0.1) is 5.10 Å². The van der Waals surface area contributed by atoms with Crippen LogP contribution in [-0.4, -0.2) is 15.4 Å². The predicted octanol–water partition coefficient (Wildman–Crippen LogP) is 3.61. The summed E-state index contributed by atoms with van der Waals surface area (Å²) in [5.41, 5.74) is 2.60. The van der Waals surface area contributed by atoms with Crippen molar-refractivity contribution in [3.05, 3.63) is 46.3 Å². The zero-order valence-corrected chi connectivity index (χ0v) is 12.3. The topological polar surface area (TPSA) is 77.0 Å². The first-order valence-electron chi connectivity index (χ1n) is 6.38. The summed E-state index contributed by atoms with van der Waals surface area (Å²) in [7, 11) is 0. The first-order valence-corrected chi connectivity index (χ1v) is 6.76. The van der Waals surface area contributed by atoms with E-state index in [0.717, 1.165) is 22.6 Å². The van der Waals surface area contributed by atoms with Gasteiger partial charge in [-0.05, 0) is 32.0 Å². The molecule has 0 amide bonds. The molecule has 0 aliphatic rings. The zero-order chi connectivity index (χ0) is 14.8. The normalized spacial score (nSPS) is 10.8. The van der Waals surface area contributed by atoms with E-state index in [2.05, 4.69) is 20.7 Å². The Morgan fingerprint density at radius 3 is 2.81 bits per heavy atom. The van der Waals surface area contributed by atoms with Gasteiger partial charge in [-0.25, -0.2) is 0 Å². The summed E-state index contributed by atoms with van der Waals surface area (Å²) >= 11 is 5.94. The Morgan fingerprint density at radius 2 is 2.10 bits per heavy atom. The Balaban J connectivity index is 1.74. The van der Waals surface area contributed by atoms with E-state index in [0.29, 0.717) is 23.5 Å². The van der Waals surface area contributed by atoms with Crippen LogP contribution < -0.4 is 5.32 Å². The maximum absolute atomic E-state index is 5.94. The smallest absolute Gasteiger partial charge is 0.316 e. The molecule has 0 fully saturated rings. The van der Waals surface area contributed by atoms with Crippen molar-refractivity contribution >= 4 is 17.6 Å². The third-order valence-corrected chi connectivity index (χ3v) is 3.33. The molecule has 0 aliphatic heterocycles. The molecule has 1 N–H and O–H groups in total. The van der Waals surface area contributed by atoms with Crippen molar-refractivity contribution in [1.82, 2.24) is 15.4 Å². The van der Waals surface area contributed by atoms with Gasteiger partial charge in [0.15, 0.2) is 0 Å². The van der Waals surface area contributed by atoms with Gasteiger partial charge in [0.1, 0.15) is 5.76 Å². The van der Waals surface area contributed by atoms with Crippen molar-refractivity contribution in [2.45, 2.75) is 20.4 Å². The first-order chi connectivity index (χ1) is 10.1. The van der Waals surface area contributed by atoms with Crippen molar-refractivity contribution in [3.63, 3.8) is 0 Å². The van der Waals surface area contributed by atoms with Gasteiger partial charge < -0.3 is 14.3 Å². The molecule has 3 aromatic rings. The van der Waals surface area contributed by atoms with Gasteiger partial charge >= 0.3 is 6.01 Å². The minimum atomic E-state index is 0.338. The van der Waals surface area contributed by atoms with Crippen molar-refractivity contribution in [3.8, 4) is 11.5 Å². The molecule has 6 nitrogen and oxygen atoms in total. The molecule has 3 rings (SSSR count). The van der Waals surface area contributed by atoms with Crippen LogP contribution in [0, 0.1) is 13.8 Å². The van der Waals surface area contributed by atoms with Crippen molar-refractivity contribution in [2.75, 3.05) is 5.32 Å². The molecule has 7 heteroatoms. The summed E-state index contributed by atoms with van der Waals surface area (Å²) in [6.45, 7) is 4.26. The van der Waals surface area contributed by atoms with E-state index in [1.54, 1.807) is 12.1 Å². The molecule has 0 atom stereocenters. The number of hydrogen-bond acceptors (Lipinski definition) is 6. The fraction of sp³-hybridized carbons (Fsp3) is 0.214. The lowest BCUT2D eigenvalue weighted by molar-refractivity contribution is 0.392. The van der Waals surface area contributed by atoms with Gasteiger partial charge in [-0.2, -0.15) is 0 Å². The van der Waals surface area contributed by atoms with Crippen molar-refractivity contribution in [2.24, 2.45) is 0 Å². The molecular weight excluding hydrogens is 292 g/mol. The van der Waals surface area contributed by atoms with Gasteiger partial charge in [0.05, 0.1) is 5.69 Å². The third-order valence-electron chi connectivity index (χ3n) is 3.09. The number of anilines is 1. The average Bonchev–Trinajstić information content (AvgIpc) is 3.05. The summed E-state index contributed by atoms with van der Waals surface area (Å²) < 4.78 is 10.7. The predicted molar refractivity (Wildman–Crippen MR) is 78.0 cm³/mol. The maximum Gasteiger partial charge on any atom is 0.316 e. The zero-order valence-electron chi connectivity index (χ0n) is 11.6. The van der Waals surface area contributed by atoms with Gasteiger partial charge in [0.2, 0.25) is 5.89 Å². The lowest BCUT2D eigenvalue weighted by Gasteiger charge is -2.00. The highest BCUT2D eigenvalue weighted by atomic mass is 35.5. The van der Waals surface area contributed by atoms with Gasteiger partial charge in [-0.3, -0.25) is 0 Å². The minimum absolute atomic E-state index is 0.338. The van der Waals surface area contributed by atoms with E-state index in [9.17, 15) is 0 Å². The average molecular weight is 305 g/mol. The Bertz CT molecular complexity index is 746. The minimum Gasteiger partial charge on any atom is -0.403 e. The number of hydrogen-bond donors (Lipinski definition) is 1. The molecule has 0 radical (unpaired) electrons. The highest BCUT2D eigenvalue weighted by Gasteiger charge is 2.12. The number of nitrogens with zero attached hydrogens (tertiary/aromatic N) is 3. The van der Waals surface area contributed by atoms with Crippen LogP contribution >= 0.6 is 11.6 Å². The molecule has 2 heterocycles. The Kier molecular flexibility index (Phi) is 3.62. The van der Waals surface area contributed by atoms with Crippen LogP contribution in [-0.2, 0) is 6.54 Å². The number of rotatable bonds is 4. The molecular formula is C14H13ClN4O2. The molecule has 0 aliphatic carbocycles. The monoisotopic (exact) mass is 304 g/mol. The molecule has 0 saturated carbocycles. The first kappa shape index (κ1) is 13.6. The van der Waals surface area contributed by atoms with Crippen LogP contribution in [0.15, 0.2) is 33.2 Å². The van der Waals surface area contributed by atoms with Crippen molar-refractivity contribution in [1.29, 1.82) is 0 Å². The standard InChI is InChI=1S/C14H13ClN4O2/c1-8-12(9(2)21-19-8)7-16-14-18-17-13(20-14)10-4-3-5-11(15)6-10/h3-6H,7H2,1-2H3,(H,16,18). The fourth-order valence-electron chi connectivity index (χ4n) is 1.95. The summed E-state index contributed by atoms with van der Waals surface area (Å²) in [4.78, 5) is 0. The molecule has 108 valence electrons. The second-order valence-electron chi connectivity index (χ2n) is 4.58. The number of aromatic nitrogens is 3. The SMILES string of the molecule is Cc1noc(C)c1CNc1nnc(-c2cccc(Cl)c2)o1. The van der Waals surface area contributed by atoms with Gasteiger partial charge in [0.25, 0.3) is 0 Å². The van der Waals surface area contributed by atoms with Crippen LogP contribution in [0.1, 0.15) is 17.0 Å². The van der Waals surface area contributed by atoms with Crippen LogP contribution in [0.3, 0.4) is 0 Å². The second kappa shape index (κ2) is 5.57. The van der Waals surface area contributed by atoms with Crippen LogP contribution in [0.2, 0.25) is 5.02 Å². The molecule has 0 spiro atoms. The van der Waals surface area contributed by atoms with Gasteiger partial charge in [0, 0.05) is 22.7 Å². The summed E-state index contributed by atoms with van der Waals surface area (Å²) in [6, 6.07) is 7.59. The number of halogens is 1. The van der Waals surface area contributed by atoms with Crippen LogP contribution in [0.4, 0.5) is 6.01 Å². The molecule has 21 heavy (non-hydrogen) atoms. The van der Waals surface area contributed by atoms with Crippen molar-refractivity contribution < 1.29 is 8.94 Å². The Hall–Kier alpha value is -2.34. The summed E-state index contributed by atoms with van der Waals surface area (Å²) in [5.74, 6) is 1.19. The quantitative estimate of drug-likeness (QED) is 0.793. The van der Waals surface area contributed by atoms with E-state index in [4.69, 9.17) is 20.5 Å². The summed E-state index contributed by atoms with van der Waals surface area (Å²) in [6.07, 6.45) is 0. The number of nitrogens with one attached hydrogen (secondary N) is 1. The molecule has 0 unspecified atom stereocenters. The third kappa shape index (κ3) is 2.90. The Morgan fingerprint density at radius 1 is 1.24 bits per heavy atom. The molecule has 1 aromatic carbocycles. The second-order valence-corrected chi connectivity index (χ2v) is 5.02. The van der Waals surface area contributed by atoms with E-state index in [-0.39, 0.29) is 0 Å². The van der Waals surface area contributed by atoms with E-state index in [1.807, 2.05) is 26.0 Å². The number of aryl methyl sites for hydroxylation is 2. The van der Waals surface area contributed by atoms with Gasteiger partial charge in [-0.1, -0.05) is 27.9 Å². The van der Waals surface area contributed by atoms with E-state index in [1.165, 1.54) is 0 Å². The lowest BCUT2D eigenvalue weighted by atomic mass is 10.2. The highest BCUT2D eigenvalue weighted by molar-refractivity contribution is 6.30. The van der Waals surface area contributed by atoms with Crippen LogP contribution in [0.5, 0.6) is 0 Å². The largest absolute Gasteiger partial charge is 0.403 e. The Labute approximate surface area is 126 Å². The molecule has 0 bridgehead atoms. The van der Waals surface area contributed by atoms with E-state index < -0.39 is 0 Å². The van der Waals surface area contributed by atoms with E-state index >= 15 is 0 Å². The molecule has 0 saturated heterocycles. The number of benzene rings is 1. The summed E-state index contributed by atoms with van der Waals surface area (Å²) in [5, 5.41) is 15.5. The van der Waals surface area contributed by atoms with Crippen LogP contribution in [0.25, 0.3) is 11.5 Å². The highest BCUT2D eigenvalue weighted by Crippen LogP contribution is 2.23. The maximum atomic E-state index is 5.94. The molecule has 2 aromatic heterocycles.